The van der Waals surface area contributed by atoms with Gasteiger partial charge in [0.05, 0.1) is 17.6 Å². The summed E-state index contributed by atoms with van der Waals surface area (Å²) < 4.78 is 11.8. The van der Waals surface area contributed by atoms with E-state index in [0.717, 1.165) is 5.46 Å². The van der Waals surface area contributed by atoms with Crippen LogP contribution in [-0.2, 0) is 20.5 Å². The summed E-state index contributed by atoms with van der Waals surface area (Å²) in [4.78, 5) is 10.9. The van der Waals surface area contributed by atoms with Gasteiger partial charge in [0.15, 0.2) is 0 Å². The number of phenolic OH excluding ortho intramolecular Hbond substituents is 1. The highest BCUT2D eigenvalue weighted by molar-refractivity contribution is 6.62. The molecule has 0 radical (unpaired) electrons. The van der Waals surface area contributed by atoms with Gasteiger partial charge in [0.1, 0.15) is 5.75 Å². The molecule has 1 fully saturated rings. The van der Waals surface area contributed by atoms with E-state index in [9.17, 15) is 9.90 Å². The zero-order valence-electron chi connectivity index (χ0n) is 12.3. The first-order chi connectivity index (χ1) is 9.12. The Morgan fingerprint density at radius 3 is 2.25 bits per heavy atom. The van der Waals surface area contributed by atoms with E-state index in [1.54, 1.807) is 18.2 Å². The molecule has 0 aliphatic carbocycles. The molecular formula is C14H20BNO4. The molecule has 1 heterocycles. The standard InChI is InChI=1S/C14H20BNO4/c1-13(2)14(3,4)20-15(19-13)10-6-5-9(7-12(16)18)11(17)8-10/h5-6,8,17H,7H2,1-4H3,(H2,16,18). The second-order valence-electron chi connectivity index (χ2n) is 6.12. The minimum atomic E-state index is -0.534. The van der Waals surface area contributed by atoms with Crippen molar-refractivity contribution in [1.82, 2.24) is 0 Å². The van der Waals surface area contributed by atoms with Gasteiger partial charge in [-0.2, -0.15) is 0 Å². The maximum Gasteiger partial charge on any atom is 0.494 e. The number of hydrogen-bond acceptors (Lipinski definition) is 4. The molecule has 1 aromatic rings. The van der Waals surface area contributed by atoms with E-state index < -0.39 is 24.2 Å². The molecule has 5 nitrogen and oxygen atoms in total. The van der Waals surface area contributed by atoms with Crippen molar-refractivity contribution in [1.29, 1.82) is 0 Å². The van der Waals surface area contributed by atoms with Gasteiger partial charge in [-0.3, -0.25) is 4.79 Å². The van der Waals surface area contributed by atoms with Crippen LogP contribution in [0.15, 0.2) is 18.2 Å². The Morgan fingerprint density at radius 2 is 1.80 bits per heavy atom. The van der Waals surface area contributed by atoms with E-state index in [-0.39, 0.29) is 12.2 Å². The van der Waals surface area contributed by atoms with Crippen molar-refractivity contribution in [3.63, 3.8) is 0 Å². The predicted molar refractivity (Wildman–Crippen MR) is 76.7 cm³/mol. The number of aromatic hydroxyl groups is 1. The molecule has 1 saturated heterocycles. The summed E-state index contributed by atoms with van der Waals surface area (Å²) in [5, 5.41) is 9.94. The van der Waals surface area contributed by atoms with Crippen molar-refractivity contribution in [2.45, 2.75) is 45.3 Å². The maximum atomic E-state index is 10.9. The van der Waals surface area contributed by atoms with E-state index in [0.29, 0.717) is 5.56 Å². The van der Waals surface area contributed by atoms with E-state index in [4.69, 9.17) is 15.0 Å². The summed E-state index contributed by atoms with van der Waals surface area (Å²) >= 11 is 0. The lowest BCUT2D eigenvalue weighted by Gasteiger charge is -2.32. The van der Waals surface area contributed by atoms with Crippen LogP contribution in [0.4, 0.5) is 0 Å². The number of phenols is 1. The third-order valence-corrected chi connectivity index (χ3v) is 4.00. The first-order valence-electron chi connectivity index (χ1n) is 6.58. The summed E-state index contributed by atoms with van der Waals surface area (Å²) in [6, 6.07) is 5.00. The van der Waals surface area contributed by atoms with Crippen molar-refractivity contribution in [2.24, 2.45) is 5.73 Å². The number of amides is 1. The van der Waals surface area contributed by atoms with Crippen molar-refractivity contribution in [3.05, 3.63) is 23.8 Å². The highest BCUT2D eigenvalue weighted by Crippen LogP contribution is 2.36. The molecule has 1 amide bonds. The largest absolute Gasteiger partial charge is 0.508 e. The van der Waals surface area contributed by atoms with Gasteiger partial charge >= 0.3 is 7.12 Å². The number of rotatable bonds is 3. The van der Waals surface area contributed by atoms with E-state index >= 15 is 0 Å². The van der Waals surface area contributed by atoms with E-state index in [1.807, 2.05) is 27.7 Å². The van der Waals surface area contributed by atoms with Gasteiger partial charge in [-0.25, -0.2) is 0 Å². The van der Waals surface area contributed by atoms with Gasteiger partial charge in [0.2, 0.25) is 5.91 Å². The average molecular weight is 277 g/mol. The zero-order chi connectivity index (χ0) is 15.1. The molecule has 2 rings (SSSR count). The second-order valence-corrected chi connectivity index (χ2v) is 6.12. The van der Waals surface area contributed by atoms with Gasteiger partial charge in [-0.1, -0.05) is 12.1 Å². The number of benzene rings is 1. The maximum absolute atomic E-state index is 10.9. The fourth-order valence-corrected chi connectivity index (χ4v) is 2.04. The third kappa shape index (κ3) is 2.67. The van der Waals surface area contributed by atoms with Crippen LogP contribution in [0.3, 0.4) is 0 Å². The lowest BCUT2D eigenvalue weighted by Crippen LogP contribution is -2.41. The number of primary amides is 1. The molecule has 0 atom stereocenters. The van der Waals surface area contributed by atoms with Crippen LogP contribution in [0.2, 0.25) is 0 Å². The molecular weight excluding hydrogens is 257 g/mol. The number of carbonyl (C=O) groups excluding carboxylic acids is 1. The second kappa shape index (κ2) is 4.79. The molecule has 20 heavy (non-hydrogen) atoms. The lowest BCUT2D eigenvalue weighted by atomic mass is 9.78. The third-order valence-electron chi connectivity index (χ3n) is 4.00. The van der Waals surface area contributed by atoms with E-state index in [1.165, 1.54) is 0 Å². The average Bonchev–Trinajstić information content (AvgIpc) is 2.50. The molecule has 1 aromatic carbocycles. The molecule has 0 aromatic heterocycles. The van der Waals surface area contributed by atoms with Crippen LogP contribution < -0.4 is 11.2 Å². The Balaban J connectivity index is 2.24. The summed E-state index contributed by atoms with van der Waals surface area (Å²) in [6.07, 6.45) is 0.00941. The van der Waals surface area contributed by atoms with E-state index in [2.05, 4.69) is 0 Å². The Hall–Kier alpha value is -1.53. The van der Waals surface area contributed by atoms with Crippen LogP contribution >= 0.6 is 0 Å². The smallest absolute Gasteiger partial charge is 0.494 e. The van der Waals surface area contributed by atoms with Crippen molar-refractivity contribution in [2.75, 3.05) is 0 Å². The van der Waals surface area contributed by atoms with Gasteiger partial charge in [-0.15, -0.1) is 0 Å². The fourth-order valence-electron chi connectivity index (χ4n) is 2.04. The highest BCUT2D eigenvalue weighted by Gasteiger charge is 2.51. The number of nitrogens with two attached hydrogens (primary N) is 1. The Morgan fingerprint density at radius 1 is 1.25 bits per heavy atom. The van der Waals surface area contributed by atoms with Crippen LogP contribution in [-0.4, -0.2) is 29.3 Å². The van der Waals surface area contributed by atoms with Gasteiger partial charge < -0.3 is 20.1 Å². The van der Waals surface area contributed by atoms with Crippen LogP contribution in [0.25, 0.3) is 0 Å². The molecule has 0 spiro atoms. The lowest BCUT2D eigenvalue weighted by molar-refractivity contribution is -0.117. The van der Waals surface area contributed by atoms with Crippen molar-refractivity contribution < 1.29 is 19.2 Å². The Kier molecular flexibility index (Phi) is 3.56. The first kappa shape index (κ1) is 14.9. The minimum Gasteiger partial charge on any atom is -0.508 e. The van der Waals surface area contributed by atoms with Crippen LogP contribution in [0.5, 0.6) is 5.75 Å². The van der Waals surface area contributed by atoms with Crippen LogP contribution in [0, 0.1) is 0 Å². The normalized spacial score (nSPS) is 20.1. The summed E-state index contributed by atoms with van der Waals surface area (Å²) in [7, 11) is -0.534. The van der Waals surface area contributed by atoms with Gasteiger partial charge in [-0.05, 0) is 39.2 Å². The number of hydrogen-bond donors (Lipinski definition) is 2. The minimum absolute atomic E-state index is 0.00941. The Labute approximate surface area is 119 Å². The molecule has 0 saturated carbocycles. The molecule has 0 bridgehead atoms. The summed E-state index contributed by atoms with van der Waals surface area (Å²) in [6.45, 7) is 7.87. The van der Waals surface area contributed by atoms with Gasteiger partial charge in [0.25, 0.3) is 0 Å². The zero-order valence-corrected chi connectivity index (χ0v) is 12.3. The SMILES string of the molecule is CC1(C)OB(c2ccc(CC(N)=O)c(O)c2)OC1(C)C. The van der Waals surface area contributed by atoms with Gasteiger partial charge in [0, 0.05) is 5.56 Å². The molecule has 108 valence electrons. The van der Waals surface area contributed by atoms with Crippen molar-refractivity contribution >= 4 is 18.5 Å². The van der Waals surface area contributed by atoms with Crippen LogP contribution in [0.1, 0.15) is 33.3 Å². The summed E-state index contributed by atoms with van der Waals surface area (Å²) in [5.41, 5.74) is 5.48. The molecule has 6 heteroatoms. The molecule has 0 unspecified atom stereocenters. The first-order valence-corrected chi connectivity index (χ1v) is 6.58. The quantitative estimate of drug-likeness (QED) is 0.797. The highest BCUT2D eigenvalue weighted by atomic mass is 16.7. The molecule has 1 aliphatic heterocycles. The Bertz CT molecular complexity index is 526. The molecule has 3 N–H and O–H groups in total. The topological polar surface area (TPSA) is 81.8 Å². The number of carbonyl (C=O) groups is 1. The fraction of sp³-hybridized carbons (Fsp3) is 0.500. The molecule has 1 aliphatic rings. The van der Waals surface area contributed by atoms with Crippen molar-refractivity contribution in [3.8, 4) is 5.75 Å². The predicted octanol–water partition coefficient (Wildman–Crippen LogP) is 0.719. The summed E-state index contributed by atoms with van der Waals surface area (Å²) in [5.74, 6) is -0.459. The monoisotopic (exact) mass is 277 g/mol.